The lowest BCUT2D eigenvalue weighted by Crippen LogP contribution is -2.44. The Bertz CT molecular complexity index is 1520. The molecule has 1 aromatic rings. The minimum absolute atomic E-state index is 0.000608. The van der Waals surface area contributed by atoms with Crippen LogP contribution in [-0.2, 0) is 49.3 Å². The number of nitrogens with two attached hydrogens (primary N) is 1. The molecule has 14 nitrogen and oxygen atoms in total. The molecule has 1 heterocycles. The zero-order valence-electron chi connectivity index (χ0n) is 36.2. The minimum Gasteiger partial charge on any atom is -0.493 e. The monoisotopic (exact) mass is 804 g/mol. The van der Waals surface area contributed by atoms with Crippen LogP contribution in [0.15, 0.2) is 30.4 Å². The maximum Gasteiger partial charge on any atom is 0.415 e. The van der Waals surface area contributed by atoms with Gasteiger partial charge in [-0.05, 0) is 81.9 Å². The van der Waals surface area contributed by atoms with Crippen LogP contribution in [0.3, 0.4) is 0 Å². The molecule has 0 aliphatic carbocycles. The number of hydrogen-bond donors (Lipinski definition) is 1. The molecule has 2 amide bonds. The number of amides is 2. The van der Waals surface area contributed by atoms with Crippen LogP contribution in [-0.4, -0.2) is 92.8 Å². The van der Waals surface area contributed by atoms with Crippen molar-refractivity contribution in [3.8, 4) is 11.5 Å². The summed E-state index contributed by atoms with van der Waals surface area (Å²) in [5.41, 5.74) is 5.03. The summed E-state index contributed by atoms with van der Waals surface area (Å²) in [4.78, 5) is 65.5. The normalized spacial score (nSPS) is 17.7. The van der Waals surface area contributed by atoms with E-state index in [9.17, 15) is 24.0 Å². The molecule has 0 saturated carbocycles. The largest absolute Gasteiger partial charge is 0.493 e. The first-order chi connectivity index (χ1) is 26.6. The predicted molar refractivity (Wildman–Crippen MR) is 214 cm³/mol. The Kier molecular flexibility index (Phi) is 19.5. The van der Waals surface area contributed by atoms with E-state index in [-0.39, 0.29) is 36.7 Å². The number of methoxy groups -OCH3 is 2. The Morgan fingerprint density at radius 2 is 1.56 bits per heavy atom. The van der Waals surface area contributed by atoms with E-state index in [1.807, 2.05) is 32.0 Å². The summed E-state index contributed by atoms with van der Waals surface area (Å²) in [7, 11) is 3.24. The third-order valence-corrected chi connectivity index (χ3v) is 10.1. The van der Waals surface area contributed by atoms with Gasteiger partial charge >= 0.3 is 18.0 Å². The predicted octanol–water partition coefficient (Wildman–Crippen LogP) is 6.79. The highest BCUT2D eigenvalue weighted by Crippen LogP contribution is 2.37. The van der Waals surface area contributed by atoms with Crippen LogP contribution in [0.4, 0.5) is 4.79 Å². The lowest BCUT2D eigenvalue weighted by atomic mass is 9.78. The number of nitrogens with zero attached hydrogens (tertiary/aromatic N) is 1. The van der Waals surface area contributed by atoms with Gasteiger partial charge in [-0.25, -0.2) is 14.4 Å². The SMILES string of the molecule is COCCCOc1cc(C[C@@H](C[C@H]2[C@H](C[C@H](C(=O)CCC(C)(C)C(N)=O)C(C)C)OCN2C(=O)OC(C)OC(=O)/C=C/C(=O)OC(C)(C)C)C(C)C)ccc1OC. The highest BCUT2D eigenvalue weighted by molar-refractivity contribution is 5.92. The van der Waals surface area contributed by atoms with Crippen LogP contribution in [0.2, 0.25) is 0 Å². The molecule has 1 fully saturated rings. The molecular formula is C43H68N2O12. The first-order valence-electron chi connectivity index (χ1n) is 19.9. The van der Waals surface area contributed by atoms with Crippen molar-refractivity contribution in [1.29, 1.82) is 0 Å². The quantitative estimate of drug-likeness (QED) is 0.0531. The van der Waals surface area contributed by atoms with E-state index in [1.165, 1.54) is 11.8 Å². The third kappa shape index (κ3) is 16.7. The van der Waals surface area contributed by atoms with Crippen molar-refractivity contribution >= 4 is 29.7 Å². The number of Topliss-reactive ketones (excluding diaryl/α,β-unsaturated/α-hetero) is 1. The second-order valence-corrected chi connectivity index (χ2v) is 17.1. The Morgan fingerprint density at radius 3 is 2.14 bits per heavy atom. The Hall–Kier alpha value is -4.17. The summed E-state index contributed by atoms with van der Waals surface area (Å²) in [6.07, 6.45) is 1.99. The van der Waals surface area contributed by atoms with Crippen LogP contribution < -0.4 is 15.2 Å². The molecule has 1 aliphatic heterocycles. The number of ether oxygens (including phenoxy) is 7. The van der Waals surface area contributed by atoms with E-state index in [1.54, 1.807) is 48.8 Å². The molecule has 0 aromatic heterocycles. The molecule has 322 valence electrons. The summed E-state index contributed by atoms with van der Waals surface area (Å²) >= 11 is 0. The van der Waals surface area contributed by atoms with E-state index >= 15 is 0 Å². The van der Waals surface area contributed by atoms with Gasteiger partial charge in [-0.3, -0.25) is 14.5 Å². The number of esters is 2. The molecule has 2 N–H and O–H groups in total. The van der Waals surface area contributed by atoms with Gasteiger partial charge in [0, 0.05) is 57.0 Å². The fraction of sp³-hybridized carbons (Fsp3) is 0.698. The molecule has 0 spiro atoms. The highest BCUT2D eigenvalue weighted by Gasteiger charge is 2.43. The maximum atomic E-state index is 13.8. The average Bonchev–Trinajstić information content (AvgIpc) is 3.51. The summed E-state index contributed by atoms with van der Waals surface area (Å²) in [5, 5.41) is 0. The Balaban J connectivity index is 2.37. The zero-order valence-corrected chi connectivity index (χ0v) is 36.2. The smallest absolute Gasteiger partial charge is 0.415 e. The van der Waals surface area contributed by atoms with Crippen molar-refractivity contribution in [3.63, 3.8) is 0 Å². The van der Waals surface area contributed by atoms with E-state index in [0.717, 1.165) is 24.1 Å². The van der Waals surface area contributed by atoms with E-state index < -0.39 is 59.3 Å². The van der Waals surface area contributed by atoms with Crippen molar-refractivity contribution in [1.82, 2.24) is 4.90 Å². The molecule has 14 heteroatoms. The van der Waals surface area contributed by atoms with E-state index in [0.29, 0.717) is 50.4 Å². The van der Waals surface area contributed by atoms with Gasteiger partial charge < -0.3 is 38.9 Å². The van der Waals surface area contributed by atoms with Gasteiger partial charge in [-0.1, -0.05) is 47.6 Å². The lowest BCUT2D eigenvalue weighted by Gasteiger charge is -2.33. The van der Waals surface area contributed by atoms with Gasteiger partial charge in [0.25, 0.3) is 0 Å². The van der Waals surface area contributed by atoms with Gasteiger partial charge in [0.2, 0.25) is 12.2 Å². The van der Waals surface area contributed by atoms with Crippen LogP contribution >= 0.6 is 0 Å². The lowest BCUT2D eigenvalue weighted by molar-refractivity contribution is -0.161. The topological polar surface area (TPSA) is 179 Å². The Morgan fingerprint density at radius 1 is 0.895 bits per heavy atom. The second-order valence-electron chi connectivity index (χ2n) is 17.1. The number of hydrogen-bond acceptors (Lipinski definition) is 12. The molecule has 1 aliphatic rings. The molecule has 57 heavy (non-hydrogen) atoms. The highest BCUT2D eigenvalue weighted by atomic mass is 16.7. The van der Waals surface area contributed by atoms with Crippen molar-refractivity contribution in [2.24, 2.45) is 34.8 Å². The van der Waals surface area contributed by atoms with E-state index in [4.69, 9.17) is 38.9 Å². The molecule has 1 unspecified atom stereocenters. The number of ketones is 1. The van der Waals surface area contributed by atoms with Crippen LogP contribution in [0, 0.1) is 29.1 Å². The maximum absolute atomic E-state index is 13.8. The molecule has 2 rings (SSSR count). The van der Waals surface area contributed by atoms with Crippen LogP contribution in [0.1, 0.15) is 107 Å². The molecular weight excluding hydrogens is 736 g/mol. The van der Waals surface area contributed by atoms with Crippen LogP contribution in [0.5, 0.6) is 11.5 Å². The number of primary amides is 1. The second kappa shape index (κ2) is 22.7. The van der Waals surface area contributed by atoms with Gasteiger partial charge in [0.15, 0.2) is 11.5 Å². The molecule has 0 bridgehead atoms. The molecule has 5 atom stereocenters. The van der Waals surface area contributed by atoms with Crippen molar-refractivity contribution in [2.75, 3.05) is 34.2 Å². The fourth-order valence-electron chi connectivity index (χ4n) is 6.50. The van der Waals surface area contributed by atoms with Crippen molar-refractivity contribution in [3.05, 3.63) is 35.9 Å². The fourth-order valence-corrected chi connectivity index (χ4v) is 6.50. The van der Waals surface area contributed by atoms with Gasteiger partial charge in [-0.2, -0.15) is 0 Å². The number of rotatable bonds is 23. The number of carbonyl (C=O) groups excluding carboxylic acids is 5. The van der Waals surface area contributed by atoms with Gasteiger partial charge in [0.1, 0.15) is 18.1 Å². The standard InChI is InChI=1S/C43H68N2O12/c1-27(2)31(22-30-14-15-35(52-12)37(23-30)53-21-13-20-51-11)24-33-36(25-32(28(3)4)34(46)18-19-43(9,10)40(44)49)54-26-45(33)41(50)56-29(5)55-38(47)16-17-39(48)57-42(6,7)8/h14-17,23,27-29,31-33,36H,13,18-22,24-26H2,1-12H3,(H2,44,49)/b17-16+/t29?,31-,32-,33-,36-/m0/s1. The first kappa shape index (κ1) is 49.0. The van der Waals surface area contributed by atoms with E-state index in [2.05, 4.69) is 13.8 Å². The third-order valence-electron chi connectivity index (χ3n) is 10.1. The minimum atomic E-state index is -1.30. The number of benzene rings is 1. The summed E-state index contributed by atoms with van der Waals surface area (Å²) in [6, 6.07) is 5.36. The van der Waals surface area contributed by atoms with Crippen molar-refractivity contribution < 1.29 is 57.1 Å². The zero-order chi connectivity index (χ0) is 43.1. The average molecular weight is 805 g/mol. The molecule has 1 aromatic carbocycles. The summed E-state index contributed by atoms with van der Waals surface area (Å²) in [6.45, 7) is 19.1. The van der Waals surface area contributed by atoms with Crippen LogP contribution in [0.25, 0.3) is 0 Å². The van der Waals surface area contributed by atoms with Crippen molar-refractivity contribution in [2.45, 2.75) is 132 Å². The van der Waals surface area contributed by atoms with Gasteiger partial charge in [0.05, 0.1) is 25.9 Å². The number of carbonyl (C=O) groups is 5. The Labute approximate surface area is 339 Å². The summed E-state index contributed by atoms with van der Waals surface area (Å²) < 4.78 is 39.1. The first-order valence-corrected chi connectivity index (χ1v) is 19.9. The van der Waals surface area contributed by atoms with Gasteiger partial charge in [-0.15, -0.1) is 0 Å². The summed E-state index contributed by atoms with van der Waals surface area (Å²) in [5.74, 6) is -1.08. The molecule has 1 saturated heterocycles. The molecule has 0 radical (unpaired) electrons.